The van der Waals surface area contributed by atoms with E-state index < -0.39 is 5.60 Å². The second-order valence-corrected chi connectivity index (χ2v) is 6.15. The fourth-order valence-electron chi connectivity index (χ4n) is 3.05. The number of nitrogens with one attached hydrogen (secondary N) is 2. The molecular formula is C17H25Cl2N5O2. The van der Waals surface area contributed by atoms with Crippen molar-refractivity contribution in [2.45, 2.75) is 32.3 Å². The van der Waals surface area contributed by atoms with Crippen molar-refractivity contribution in [2.24, 2.45) is 0 Å². The molecule has 1 amide bonds. The molecule has 0 spiro atoms. The van der Waals surface area contributed by atoms with E-state index >= 15 is 0 Å². The number of ether oxygens (including phenoxy) is 1. The van der Waals surface area contributed by atoms with Crippen LogP contribution < -0.4 is 10.6 Å². The Hall–Kier alpha value is -1.67. The molecule has 3 heterocycles. The average Bonchev–Trinajstić information content (AvgIpc) is 2.94. The Labute approximate surface area is 165 Å². The summed E-state index contributed by atoms with van der Waals surface area (Å²) < 4.78 is 7.32. The van der Waals surface area contributed by atoms with Crippen LogP contribution in [0, 0.1) is 13.8 Å². The van der Waals surface area contributed by atoms with Gasteiger partial charge in [-0.25, -0.2) is 9.67 Å². The summed E-state index contributed by atoms with van der Waals surface area (Å²) in [6.07, 6.45) is 2.97. The average molecular weight is 402 g/mol. The number of hydrogen-bond donors (Lipinski definition) is 2. The highest BCUT2D eigenvalue weighted by Gasteiger charge is 2.39. The van der Waals surface area contributed by atoms with Gasteiger partial charge in [0.15, 0.2) is 5.82 Å². The molecule has 7 nitrogen and oxygen atoms in total. The van der Waals surface area contributed by atoms with Crippen LogP contribution in [0.5, 0.6) is 0 Å². The molecule has 2 N–H and O–H groups in total. The highest BCUT2D eigenvalue weighted by molar-refractivity contribution is 5.97. The largest absolute Gasteiger partial charge is 0.368 e. The fourth-order valence-corrected chi connectivity index (χ4v) is 3.05. The molecular weight excluding hydrogens is 377 g/mol. The van der Waals surface area contributed by atoms with E-state index in [1.165, 1.54) is 0 Å². The molecule has 0 unspecified atom stereocenters. The van der Waals surface area contributed by atoms with E-state index in [1.807, 2.05) is 32.0 Å². The van der Waals surface area contributed by atoms with Gasteiger partial charge in [-0.2, -0.15) is 5.10 Å². The van der Waals surface area contributed by atoms with Crippen molar-refractivity contribution in [3.8, 4) is 5.82 Å². The highest BCUT2D eigenvalue weighted by Crippen LogP contribution is 2.24. The van der Waals surface area contributed by atoms with Crippen molar-refractivity contribution in [3.05, 3.63) is 35.8 Å². The van der Waals surface area contributed by atoms with Crippen molar-refractivity contribution in [2.75, 3.05) is 25.5 Å². The molecule has 0 aliphatic carbocycles. The second-order valence-electron chi connectivity index (χ2n) is 6.15. The molecule has 1 fully saturated rings. The van der Waals surface area contributed by atoms with Gasteiger partial charge in [0.2, 0.25) is 0 Å². The first kappa shape index (κ1) is 22.4. The summed E-state index contributed by atoms with van der Waals surface area (Å²) >= 11 is 0. The third-order valence-electron chi connectivity index (χ3n) is 4.45. The predicted molar refractivity (Wildman–Crippen MR) is 106 cm³/mol. The Kier molecular flexibility index (Phi) is 8.02. The number of pyridine rings is 1. The second kappa shape index (κ2) is 9.32. The zero-order valence-electron chi connectivity index (χ0n) is 15.1. The van der Waals surface area contributed by atoms with Crippen molar-refractivity contribution in [3.63, 3.8) is 0 Å². The summed E-state index contributed by atoms with van der Waals surface area (Å²) in [5.74, 6) is 0.606. The fraction of sp³-hybridized carbons (Fsp3) is 0.471. The maximum atomic E-state index is 12.6. The van der Waals surface area contributed by atoms with Crippen LogP contribution in [0.4, 0.5) is 5.69 Å². The first-order chi connectivity index (χ1) is 11.5. The van der Waals surface area contributed by atoms with Crippen LogP contribution in [-0.2, 0) is 9.53 Å². The lowest BCUT2D eigenvalue weighted by molar-refractivity contribution is -0.140. The van der Waals surface area contributed by atoms with Gasteiger partial charge in [0.25, 0.3) is 5.91 Å². The molecule has 1 saturated heterocycles. The summed E-state index contributed by atoms with van der Waals surface area (Å²) in [4.78, 5) is 17.0. The van der Waals surface area contributed by atoms with Crippen molar-refractivity contribution in [1.82, 2.24) is 20.1 Å². The summed E-state index contributed by atoms with van der Waals surface area (Å²) in [5.41, 5.74) is 1.85. The van der Waals surface area contributed by atoms with Gasteiger partial charge in [-0.15, -0.1) is 24.8 Å². The molecule has 144 valence electrons. The monoisotopic (exact) mass is 401 g/mol. The number of hydrogen-bond acceptors (Lipinski definition) is 5. The molecule has 9 heteroatoms. The first-order valence-electron chi connectivity index (χ1n) is 8.11. The van der Waals surface area contributed by atoms with E-state index in [0.29, 0.717) is 18.5 Å². The van der Waals surface area contributed by atoms with E-state index in [0.717, 1.165) is 30.3 Å². The van der Waals surface area contributed by atoms with Gasteiger partial charge in [-0.05, 0) is 58.0 Å². The molecule has 2 aromatic rings. The molecule has 1 aliphatic rings. The lowest BCUT2D eigenvalue weighted by Gasteiger charge is -2.34. The Morgan fingerprint density at radius 3 is 2.46 bits per heavy atom. The van der Waals surface area contributed by atoms with E-state index in [2.05, 4.69) is 20.7 Å². The van der Waals surface area contributed by atoms with Crippen molar-refractivity contribution in [1.29, 1.82) is 0 Å². The molecule has 0 radical (unpaired) electrons. The van der Waals surface area contributed by atoms with E-state index in [-0.39, 0.29) is 30.7 Å². The SMILES string of the molecule is COC1(C(=O)Nc2ccc(-n3nc(C)cc3C)nc2)CCNCC1.Cl.Cl. The first-order valence-corrected chi connectivity index (χ1v) is 8.11. The summed E-state index contributed by atoms with van der Waals surface area (Å²) in [6.45, 7) is 5.48. The van der Waals surface area contributed by atoms with Gasteiger partial charge in [0.1, 0.15) is 5.60 Å². The number of carbonyl (C=O) groups is 1. The minimum atomic E-state index is -0.764. The van der Waals surface area contributed by atoms with Gasteiger partial charge in [0.05, 0.1) is 17.6 Å². The molecule has 0 bridgehead atoms. The Morgan fingerprint density at radius 2 is 1.96 bits per heavy atom. The van der Waals surface area contributed by atoms with Crippen LogP contribution in [0.15, 0.2) is 24.4 Å². The smallest absolute Gasteiger partial charge is 0.256 e. The van der Waals surface area contributed by atoms with Crippen LogP contribution in [0.2, 0.25) is 0 Å². The summed E-state index contributed by atoms with van der Waals surface area (Å²) in [5, 5.41) is 10.6. The van der Waals surface area contributed by atoms with Gasteiger partial charge >= 0.3 is 0 Å². The minimum absolute atomic E-state index is 0. The van der Waals surface area contributed by atoms with Crippen LogP contribution >= 0.6 is 24.8 Å². The van der Waals surface area contributed by atoms with Crippen LogP contribution in [0.25, 0.3) is 5.82 Å². The number of aromatic nitrogens is 3. The standard InChI is InChI=1S/C17H23N5O2.2ClH/c1-12-10-13(2)22(21-12)15-5-4-14(11-19-15)20-16(23)17(24-3)6-8-18-9-7-17;;/h4-5,10-11,18H,6-9H2,1-3H3,(H,20,23);2*1H. The minimum Gasteiger partial charge on any atom is -0.368 e. The zero-order valence-corrected chi connectivity index (χ0v) is 16.7. The number of amides is 1. The molecule has 1 aliphatic heterocycles. The maximum absolute atomic E-state index is 12.6. The lowest BCUT2D eigenvalue weighted by atomic mass is 9.91. The van der Waals surface area contributed by atoms with Crippen LogP contribution in [-0.4, -0.2) is 46.5 Å². The molecule has 2 aromatic heterocycles. The third-order valence-corrected chi connectivity index (χ3v) is 4.45. The van der Waals surface area contributed by atoms with Crippen LogP contribution in [0.3, 0.4) is 0 Å². The van der Waals surface area contributed by atoms with E-state index in [4.69, 9.17) is 4.74 Å². The van der Waals surface area contributed by atoms with Crippen molar-refractivity contribution < 1.29 is 9.53 Å². The lowest BCUT2D eigenvalue weighted by Crippen LogP contribution is -2.51. The van der Waals surface area contributed by atoms with Crippen LogP contribution in [0.1, 0.15) is 24.2 Å². The number of aryl methyl sites for hydroxylation is 2. The van der Waals surface area contributed by atoms with E-state index in [1.54, 1.807) is 18.0 Å². The number of anilines is 1. The molecule has 0 aromatic carbocycles. The number of carbonyl (C=O) groups excluding carboxylic acids is 1. The molecule has 0 saturated carbocycles. The molecule has 26 heavy (non-hydrogen) atoms. The predicted octanol–water partition coefficient (Wildman–Crippen LogP) is 2.43. The maximum Gasteiger partial charge on any atom is 0.256 e. The number of rotatable bonds is 4. The van der Waals surface area contributed by atoms with Gasteiger partial charge in [0, 0.05) is 12.8 Å². The number of methoxy groups -OCH3 is 1. The Bertz CT molecular complexity index is 727. The summed E-state index contributed by atoms with van der Waals surface area (Å²) in [7, 11) is 1.59. The van der Waals surface area contributed by atoms with E-state index in [9.17, 15) is 4.79 Å². The Balaban J connectivity index is 0.00000169. The number of nitrogens with zero attached hydrogens (tertiary/aromatic N) is 3. The molecule has 0 atom stereocenters. The topological polar surface area (TPSA) is 81.1 Å². The zero-order chi connectivity index (χ0) is 17.2. The van der Waals surface area contributed by atoms with Gasteiger partial charge < -0.3 is 15.4 Å². The normalized spacial score (nSPS) is 15.5. The third kappa shape index (κ3) is 4.54. The van der Waals surface area contributed by atoms with Crippen molar-refractivity contribution >= 4 is 36.4 Å². The molecule has 3 rings (SSSR count). The Morgan fingerprint density at radius 1 is 1.27 bits per heavy atom. The quantitative estimate of drug-likeness (QED) is 0.821. The number of piperidine rings is 1. The van der Waals surface area contributed by atoms with Gasteiger partial charge in [-0.3, -0.25) is 4.79 Å². The summed E-state index contributed by atoms with van der Waals surface area (Å²) in [6, 6.07) is 5.68. The number of halogens is 2. The van der Waals surface area contributed by atoms with Gasteiger partial charge in [-0.1, -0.05) is 0 Å². The highest BCUT2D eigenvalue weighted by atomic mass is 35.5.